The van der Waals surface area contributed by atoms with Gasteiger partial charge in [0.15, 0.2) is 9.84 Å². The van der Waals surface area contributed by atoms with Crippen LogP contribution in [-0.4, -0.2) is 26.3 Å². The molecule has 0 radical (unpaired) electrons. The SMILES string of the molecule is CNCc1cn(C)c2cc(S(C)(=O)=O)ccc12. The van der Waals surface area contributed by atoms with Gasteiger partial charge in [-0.1, -0.05) is 6.07 Å². The molecule has 0 fully saturated rings. The molecule has 0 aliphatic rings. The highest BCUT2D eigenvalue weighted by molar-refractivity contribution is 7.90. The molecule has 1 aromatic carbocycles. The summed E-state index contributed by atoms with van der Waals surface area (Å²) in [7, 11) is 0.674. The molecule has 1 N–H and O–H groups in total. The monoisotopic (exact) mass is 252 g/mol. The molecule has 0 bridgehead atoms. The van der Waals surface area contributed by atoms with E-state index in [1.54, 1.807) is 12.1 Å². The van der Waals surface area contributed by atoms with E-state index in [0.29, 0.717) is 4.90 Å². The van der Waals surface area contributed by atoms with Gasteiger partial charge >= 0.3 is 0 Å². The Kier molecular flexibility index (Phi) is 2.97. The molecule has 2 aromatic rings. The van der Waals surface area contributed by atoms with Crippen LogP contribution in [0, 0.1) is 0 Å². The van der Waals surface area contributed by atoms with Gasteiger partial charge < -0.3 is 9.88 Å². The number of hydrogen-bond donors (Lipinski definition) is 1. The standard InChI is InChI=1S/C12H16N2O2S/c1-13-7-9-8-14(2)12-6-10(17(3,15)16)4-5-11(9)12/h4-6,8,13H,7H2,1-3H3. The molecular formula is C12H16N2O2S. The van der Waals surface area contributed by atoms with Crippen LogP contribution in [0.4, 0.5) is 0 Å². The predicted octanol–water partition coefficient (Wildman–Crippen LogP) is 1.30. The number of sulfone groups is 1. The fourth-order valence-corrected chi connectivity index (χ4v) is 2.65. The van der Waals surface area contributed by atoms with E-state index in [4.69, 9.17) is 0 Å². The fraction of sp³-hybridized carbons (Fsp3) is 0.333. The smallest absolute Gasteiger partial charge is 0.175 e. The highest BCUT2D eigenvalue weighted by Gasteiger charge is 2.11. The fourth-order valence-electron chi connectivity index (χ4n) is 2.01. The first kappa shape index (κ1) is 12.1. The van der Waals surface area contributed by atoms with Crippen LogP contribution in [0.1, 0.15) is 5.56 Å². The van der Waals surface area contributed by atoms with E-state index in [1.807, 2.05) is 30.9 Å². The van der Waals surface area contributed by atoms with E-state index in [2.05, 4.69) is 5.32 Å². The molecular weight excluding hydrogens is 236 g/mol. The van der Waals surface area contributed by atoms with Crippen LogP contribution >= 0.6 is 0 Å². The lowest BCUT2D eigenvalue weighted by Gasteiger charge is -2.01. The van der Waals surface area contributed by atoms with Crippen LogP contribution in [0.2, 0.25) is 0 Å². The molecule has 1 aromatic heterocycles. The highest BCUT2D eigenvalue weighted by atomic mass is 32.2. The van der Waals surface area contributed by atoms with Crippen LogP contribution < -0.4 is 5.32 Å². The quantitative estimate of drug-likeness (QED) is 0.896. The lowest BCUT2D eigenvalue weighted by Crippen LogP contribution is -2.04. The van der Waals surface area contributed by atoms with Crippen LogP contribution in [0.3, 0.4) is 0 Å². The number of aryl methyl sites for hydroxylation is 1. The van der Waals surface area contributed by atoms with Gasteiger partial charge in [-0.25, -0.2) is 8.42 Å². The Balaban J connectivity index is 2.67. The predicted molar refractivity (Wildman–Crippen MR) is 68.8 cm³/mol. The van der Waals surface area contributed by atoms with Gasteiger partial charge in [0.25, 0.3) is 0 Å². The van der Waals surface area contributed by atoms with E-state index in [0.717, 1.165) is 17.4 Å². The molecule has 2 rings (SSSR count). The lowest BCUT2D eigenvalue weighted by molar-refractivity contribution is 0.602. The average molecular weight is 252 g/mol. The van der Waals surface area contributed by atoms with E-state index in [9.17, 15) is 8.42 Å². The summed E-state index contributed by atoms with van der Waals surface area (Å²) in [6.45, 7) is 0.773. The van der Waals surface area contributed by atoms with Gasteiger partial charge in [-0.2, -0.15) is 0 Å². The molecule has 0 unspecified atom stereocenters. The zero-order valence-corrected chi connectivity index (χ0v) is 11.0. The molecule has 92 valence electrons. The van der Waals surface area contributed by atoms with Crippen LogP contribution in [0.15, 0.2) is 29.3 Å². The van der Waals surface area contributed by atoms with Gasteiger partial charge in [-0.15, -0.1) is 0 Å². The van der Waals surface area contributed by atoms with Crippen molar-refractivity contribution in [3.05, 3.63) is 30.0 Å². The Hall–Kier alpha value is -1.33. The second-order valence-corrected chi connectivity index (χ2v) is 6.26. The minimum atomic E-state index is -3.14. The van der Waals surface area contributed by atoms with Gasteiger partial charge in [0.1, 0.15) is 0 Å². The number of fused-ring (bicyclic) bond motifs is 1. The maximum atomic E-state index is 11.5. The third-order valence-electron chi connectivity index (χ3n) is 2.84. The van der Waals surface area contributed by atoms with Crippen molar-refractivity contribution < 1.29 is 8.42 Å². The summed E-state index contributed by atoms with van der Waals surface area (Å²) < 4.78 is 25.0. The average Bonchev–Trinajstić information content (AvgIpc) is 2.55. The van der Waals surface area contributed by atoms with Crippen molar-refractivity contribution in [2.75, 3.05) is 13.3 Å². The Bertz CT molecular complexity index is 656. The largest absolute Gasteiger partial charge is 0.350 e. The first-order valence-electron chi connectivity index (χ1n) is 5.36. The number of aromatic nitrogens is 1. The molecule has 0 saturated heterocycles. The van der Waals surface area contributed by atoms with Crippen molar-refractivity contribution in [2.24, 2.45) is 7.05 Å². The minimum Gasteiger partial charge on any atom is -0.350 e. The molecule has 0 spiro atoms. The third kappa shape index (κ3) is 2.21. The molecule has 0 aliphatic carbocycles. The third-order valence-corrected chi connectivity index (χ3v) is 3.95. The zero-order chi connectivity index (χ0) is 12.6. The summed E-state index contributed by atoms with van der Waals surface area (Å²) in [6.07, 6.45) is 3.25. The summed E-state index contributed by atoms with van der Waals surface area (Å²) in [5.74, 6) is 0. The number of hydrogen-bond acceptors (Lipinski definition) is 3. The molecule has 4 nitrogen and oxygen atoms in total. The van der Waals surface area contributed by atoms with Crippen molar-refractivity contribution in [2.45, 2.75) is 11.4 Å². The molecule has 17 heavy (non-hydrogen) atoms. The molecule has 0 saturated carbocycles. The highest BCUT2D eigenvalue weighted by Crippen LogP contribution is 2.23. The normalized spacial score (nSPS) is 12.2. The molecule has 1 heterocycles. The maximum absolute atomic E-state index is 11.5. The topological polar surface area (TPSA) is 51.1 Å². The Morgan fingerprint density at radius 2 is 2.06 bits per heavy atom. The second-order valence-electron chi connectivity index (χ2n) is 4.25. The first-order valence-corrected chi connectivity index (χ1v) is 7.25. The maximum Gasteiger partial charge on any atom is 0.175 e. The molecule has 0 amide bonds. The van der Waals surface area contributed by atoms with Crippen molar-refractivity contribution in [3.63, 3.8) is 0 Å². The summed E-state index contributed by atoms with van der Waals surface area (Å²) in [4.78, 5) is 0.363. The number of rotatable bonds is 3. The van der Waals surface area contributed by atoms with Gasteiger partial charge in [0.2, 0.25) is 0 Å². The summed E-state index contributed by atoms with van der Waals surface area (Å²) >= 11 is 0. The van der Waals surface area contributed by atoms with Crippen LogP contribution in [0.25, 0.3) is 10.9 Å². The van der Waals surface area contributed by atoms with Crippen LogP contribution in [-0.2, 0) is 23.4 Å². The summed E-state index contributed by atoms with van der Waals surface area (Å²) in [6, 6.07) is 5.26. The van der Waals surface area contributed by atoms with E-state index >= 15 is 0 Å². The first-order chi connectivity index (χ1) is 7.93. The van der Waals surface area contributed by atoms with Crippen LogP contribution in [0.5, 0.6) is 0 Å². The van der Waals surface area contributed by atoms with Gasteiger partial charge in [-0.3, -0.25) is 0 Å². The van der Waals surface area contributed by atoms with Crippen molar-refractivity contribution in [3.8, 4) is 0 Å². The Labute approximate surface area is 101 Å². The van der Waals surface area contributed by atoms with Crippen molar-refractivity contribution in [1.82, 2.24) is 9.88 Å². The lowest BCUT2D eigenvalue weighted by atomic mass is 10.2. The zero-order valence-electron chi connectivity index (χ0n) is 10.2. The Morgan fingerprint density at radius 3 is 2.65 bits per heavy atom. The Morgan fingerprint density at radius 1 is 1.35 bits per heavy atom. The summed E-state index contributed by atoms with van der Waals surface area (Å²) in [5.41, 5.74) is 2.11. The van der Waals surface area contributed by atoms with Gasteiger partial charge in [0, 0.05) is 36.9 Å². The second kappa shape index (κ2) is 4.16. The van der Waals surface area contributed by atoms with Gasteiger partial charge in [0.05, 0.1) is 4.90 Å². The minimum absolute atomic E-state index is 0.363. The van der Waals surface area contributed by atoms with E-state index in [-0.39, 0.29) is 0 Å². The molecule has 5 heteroatoms. The van der Waals surface area contributed by atoms with E-state index in [1.165, 1.54) is 11.8 Å². The number of nitrogens with one attached hydrogen (secondary N) is 1. The van der Waals surface area contributed by atoms with Crippen molar-refractivity contribution in [1.29, 1.82) is 0 Å². The number of nitrogens with zero attached hydrogens (tertiary/aromatic N) is 1. The molecule has 0 aliphatic heterocycles. The molecule has 0 atom stereocenters. The number of benzene rings is 1. The van der Waals surface area contributed by atoms with Gasteiger partial charge in [-0.05, 0) is 24.7 Å². The van der Waals surface area contributed by atoms with E-state index < -0.39 is 9.84 Å². The van der Waals surface area contributed by atoms with Crippen molar-refractivity contribution >= 4 is 20.7 Å². The summed E-state index contributed by atoms with van der Waals surface area (Å²) in [5, 5.41) is 4.19.